The number of fused-ring (bicyclic) bond motifs is 1. The number of thiophene rings is 1. The van der Waals surface area contributed by atoms with Crippen LogP contribution in [-0.2, 0) is 0 Å². The van der Waals surface area contributed by atoms with E-state index in [2.05, 4.69) is 10.3 Å². The lowest BCUT2D eigenvalue weighted by atomic mass is 10.1. The molecule has 1 aliphatic carbocycles. The Balaban J connectivity index is 1.89. The molecule has 2 heterocycles. The Hall–Kier alpha value is -2.47. The number of ketones is 1. The van der Waals surface area contributed by atoms with E-state index in [1.54, 1.807) is 0 Å². The summed E-state index contributed by atoms with van der Waals surface area (Å²) in [5.74, 6) is 1.29. The van der Waals surface area contributed by atoms with Crippen LogP contribution in [0.25, 0.3) is 21.5 Å². The van der Waals surface area contributed by atoms with Gasteiger partial charge in [-0.15, -0.1) is 11.3 Å². The number of hydrogen-bond donors (Lipinski definition) is 2. The number of nitrogens with two attached hydrogens (primary N) is 1. The van der Waals surface area contributed by atoms with E-state index in [1.807, 2.05) is 30.3 Å². The second-order valence-electron chi connectivity index (χ2n) is 6.17. The molecule has 0 amide bonds. The summed E-state index contributed by atoms with van der Waals surface area (Å²) in [6, 6.07) is 9.89. The van der Waals surface area contributed by atoms with Gasteiger partial charge >= 0.3 is 0 Å². The van der Waals surface area contributed by atoms with Gasteiger partial charge in [-0.25, -0.2) is 9.97 Å². The fourth-order valence-electron chi connectivity index (χ4n) is 2.73. The van der Waals surface area contributed by atoms with Crippen LogP contribution in [0.2, 0.25) is 0 Å². The van der Waals surface area contributed by atoms with Crippen molar-refractivity contribution in [2.75, 3.05) is 17.6 Å². The lowest BCUT2D eigenvalue weighted by Gasteiger charge is -2.08. The predicted molar refractivity (Wildman–Crippen MR) is 98.5 cm³/mol. The summed E-state index contributed by atoms with van der Waals surface area (Å²) in [6.45, 7) is 2.42. The molecule has 6 heteroatoms. The molecule has 0 unspecified atom stereocenters. The van der Waals surface area contributed by atoms with Gasteiger partial charge in [0.25, 0.3) is 0 Å². The summed E-state index contributed by atoms with van der Waals surface area (Å²) < 4.78 is 0. The van der Waals surface area contributed by atoms with E-state index in [4.69, 9.17) is 10.7 Å². The van der Waals surface area contributed by atoms with Crippen LogP contribution in [0, 0.1) is 5.92 Å². The quantitative estimate of drug-likeness (QED) is 0.688. The van der Waals surface area contributed by atoms with E-state index < -0.39 is 0 Å². The van der Waals surface area contributed by atoms with E-state index >= 15 is 0 Å². The Morgan fingerprint density at radius 1 is 1.29 bits per heavy atom. The zero-order valence-electron chi connectivity index (χ0n) is 13.4. The molecule has 3 N–H and O–H groups in total. The summed E-state index contributed by atoms with van der Waals surface area (Å²) >= 11 is 1.34. The molecule has 2 aromatic heterocycles. The number of nitrogens with one attached hydrogen (secondary N) is 1. The van der Waals surface area contributed by atoms with Gasteiger partial charge in [-0.3, -0.25) is 4.79 Å². The fourth-order valence-corrected chi connectivity index (χ4v) is 3.71. The Morgan fingerprint density at radius 2 is 2.04 bits per heavy atom. The van der Waals surface area contributed by atoms with Crippen molar-refractivity contribution in [3.63, 3.8) is 0 Å². The van der Waals surface area contributed by atoms with Crippen LogP contribution in [0.5, 0.6) is 0 Å². The molecule has 0 atom stereocenters. The monoisotopic (exact) mass is 338 g/mol. The molecule has 4 rings (SSSR count). The lowest BCUT2D eigenvalue weighted by Crippen LogP contribution is -2.07. The topological polar surface area (TPSA) is 80.9 Å². The first-order valence-corrected chi connectivity index (χ1v) is 8.85. The van der Waals surface area contributed by atoms with Crippen LogP contribution in [0.3, 0.4) is 0 Å². The van der Waals surface area contributed by atoms with Crippen LogP contribution in [-0.4, -0.2) is 22.3 Å². The molecule has 0 aliphatic heterocycles. The van der Waals surface area contributed by atoms with Gasteiger partial charge in [0.1, 0.15) is 4.83 Å². The highest BCUT2D eigenvalue weighted by molar-refractivity contribution is 7.21. The van der Waals surface area contributed by atoms with Crippen molar-refractivity contribution in [3.05, 3.63) is 35.2 Å². The molecule has 3 aromatic rings. The molecule has 0 saturated heterocycles. The minimum Gasteiger partial charge on any atom is -0.397 e. The maximum absolute atomic E-state index is 11.9. The number of anilines is 2. The normalized spacial score (nSPS) is 14.0. The molecular formula is C18H18N4OS. The van der Waals surface area contributed by atoms with Crippen LogP contribution in [0.4, 0.5) is 11.6 Å². The maximum Gasteiger partial charge on any atom is 0.224 e. The molecule has 0 radical (unpaired) electrons. The Morgan fingerprint density at radius 3 is 2.71 bits per heavy atom. The van der Waals surface area contributed by atoms with Crippen molar-refractivity contribution in [1.29, 1.82) is 0 Å². The molecule has 0 spiro atoms. The molecule has 24 heavy (non-hydrogen) atoms. The summed E-state index contributed by atoms with van der Waals surface area (Å²) in [7, 11) is 0. The predicted octanol–water partition coefficient (Wildman–Crippen LogP) is 3.97. The maximum atomic E-state index is 11.9. The van der Waals surface area contributed by atoms with E-state index in [0.717, 1.165) is 33.9 Å². The van der Waals surface area contributed by atoms with Crippen LogP contribution >= 0.6 is 11.3 Å². The van der Waals surface area contributed by atoms with Crippen molar-refractivity contribution in [2.24, 2.45) is 5.92 Å². The van der Waals surface area contributed by atoms with Crippen molar-refractivity contribution in [1.82, 2.24) is 9.97 Å². The first-order valence-electron chi connectivity index (χ1n) is 8.03. The zero-order valence-corrected chi connectivity index (χ0v) is 14.2. The first-order chi connectivity index (χ1) is 11.6. The molecule has 1 aromatic carbocycles. The summed E-state index contributed by atoms with van der Waals surface area (Å²) in [4.78, 5) is 22.5. The lowest BCUT2D eigenvalue weighted by molar-refractivity contribution is 0.102. The van der Waals surface area contributed by atoms with Gasteiger partial charge in [0.15, 0.2) is 5.78 Å². The Bertz CT molecular complexity index is 916. The minimum absolute atomic E-state index is 0.0398. The summed E-state index contributed by atoms with van der Waals surface area (Å²) in [5.41, 5.74) is 8.48. The second kappa shape index (κ2) is 5.87. The first kappa shape index (κ1) is 15.1. The number of aromatic nitrogens is 2. The molecule has 1 fully saturated rings. The number of benzene rings is 1. The van der Waals surface area contributed by atoms with Gasteiger partial charge in [-0.05, 0) is 18.8 Å². The average Bonchev–Trinajstić information content (AvgIpc) is 3.36. The van der Waals surface area contributed by atoms with Gasteiger partial charge in [0, 0.05) is 19.0 Å². The van der Waals surface area contributed by atoms with E-state index in [9.17, 15) is 4.79 Å². The Kier molecular flexibility index (Phi) is 3.69. The molecular weight excluding hydrogens is 320 g/mol. The third-order valence-corrected chi connectivity index (χ3v) is 5.40. The number of rotatable bonds is 5. The highest BCUT2D eigenvalue weighted by Gasteiger charge is 2.23. The molecule has 122 valence electrons. The third-order valence-electron chi connectivity index (χ3n) is 4.20. The van der Waals surface area contributed by atoms with Gasteiger partial charge in [0.05, 0.1) is 21.6 Å². The van der Waals surface area contributed by atoms with Crippen molar-refractivity contribution < 1.29 is 4.79 Å². The van der Waals surface area contributed by atoms with Crippen LogP contribution in [0.1, 0.15) is 29.4 Å². The number of carbonyl (C=O) groups is 1. The SMILES string of the molecule is CC(=O)c1sc2nc(NCC3CC3)nc(-c3ccccc3)c2c1N. The Labute approximate surface area is 143 Å². The molecule has 0 bridgehead atoms. The van der Waals surface area contributed by atoms with Gasteiger partial charge in [-0.1, -0.05) is 30.3 Å². The molecule has 5 nitrogen and oxygen atoms in total. The van der Waals surface area contributed by atoms with E-state index in [1.165, 1.54) is 31.1 Å². The van der Waals surface area contributed by atoms with Crippen molar-refractivity contribution in [3.8, 4) is 11.3 Å². The van der Waals surface area contributed by atoms with Crippen LogP contribution in [0.15, 0.2) is 30.3 Å². The number of nitrogens with zero attached hydrogens (tertiary/aromatic N) is 2. The number of nitrogen functional groups attached to an aromatic ring is 1. The third kappa shape index (κ3) is 2.73. The number of Topliss-reactive ketones (excluding diaryl/α,β-unsaturated/α-hetero) is 1. The average molecular weight is 338 g/mol. The summed E-state index contributed by atoms with van der Waals surface area (Å²) in [6.07, 6.45) is 2.53. The largest absolute Gasteiger partial charge is 0.397 e. The standard InChI is InChI=1S/C18H18N4OS/c1-10(23)16-14(19)13-15(12-5-3-2-4-6-12)21-18(22-17(13)24-16)20-9-11-7-8-11/h2-6,11H,7-9,19H2,1H3,(H,20,21,22). The fraction of sp³-hybridized carbons (Fsp3) is 0.278. The van der Waals surface area contributed by atoms with Gasteiger partial charge in [0.2, 0.25) is 5.95 Å². The highest BCUT2D eigenvalue weighted by Crippen LogP contribution is 2.39. The van der Waals surface area contributed by atoms with E-state index in [-0.39, 0.29) is 5.78 Å². The van der Waals surface area contributed by atoms with Crippen molar-refractivity contribution >= 4 is 39.0 Å². The molecule has 1 aliphatic rings. The van der Waals surface area contributed by atoms with E-state index in [0.29, 0.717) is 16.5 Å². The minimum atomic E-state index is -0.0398. The second-order valence-corrected chi connectivity index (χ2v) is 7.17. The van der Waals surface area contributed by atoms with Crippen molar-refractivity contribution in [2.45, 2.75) is 19.8 Å². The van der Waals surface area contributed by atoms with Gasteiger partial charge < -0.3 is 11.1 Å². The van der Waals surface area contributed by atoms with Gasteiger partial charge in [-0.2, -0.15) is 0 Å². The smallest absolute Gasteiger partial charge is 0.224 e. The van der Waals surface area contributed by atoms with Crippen LogP contribution < -0.4 is 11.1 Å². The number of carbonyl (C=O) groups excluding carboxylic acids is 1. The highest BCUT2D eigenvalue weighted by atomic mass is 32.1. The zero-order chi connectivity index (χ0) is 16.7. The summed E-state index contributed by atoms with van der Waals surface area (Å²) in [5, 5.41) is 4.10. The molecule has 1 saturated carbocycles. The number of hydrogen-bond acceptors (Lipinski definition) is 6.